The van der Waals surface area contributed by atoms with Crippen LogP contribution < -0.4 is 4.74 Å². The van der Waals surface area contributed by atoms with Gasteiger partial charge in [-0.15, -0.1) is 13.2 Å². The maximum absolute atomic E-state index is 12.1. The first-order valence-corrected chi connectivity index (χ1v) is 5.33. The molecule has 0 spiro atoms. The van der Waals surface area contributed by atoms with E-state index in [1.807, 2.05) is 0 Å². The molecule has 0 amide bonds. The third-order valence-electron chi connectivity index (χ3n) is 1.79. The summed E-state index contributed by atoms with van der Waals surface area (Å²) in [6.45, 7) is 1.14. The Morgan fingerprint density at radius 2 is 2.18 bits per heavy atom. The fourth-order valence-electron chi connectivity index (χ4n) is 1.10. The smallest absolute Gasteiger partial charge is 0.405 e. The van der Waals surface area contributed by atoms with Gasteiger partial charge in [-0.3, -0.25) is 0 Å². The van der Waals surface area contributed by atoms with Crippen molar-refractivity contribution in [1.82, 2.24) is 4.98 Å². The van der Waals surface area contributed by atoms with E-state index < -0.39 is 22.9 Å². The Bertz CT molecular complexity index is 450. The Kier molecular flexibility index (Phi) is 3.91. The normalized spacial score (nSPS) is 11.4. The lowest BCUT2D eigenvalue weighted by Gasteiger charge is -2.11. The van der Waals surface area contributed by atoms with E-state index in [9.17, 15) is 23.3 Å². The molecule has 1 heterocycles. The first kappa shape index (κ1) is 13.7. The van der Waals surface area contributed by atoms with Crippen LogP contribution in [0.15, 0.2) is 6.07 Å². The van der Waals surface area contributed by atoms with Crippen LogP contribution in [0.25, 0.3) is 0 Å². The van der Waals surface area contributed by atoms with Crippen LogP contribution in [0.4, 0.5) is 19.0 Å². The van der Waals surface area contributed by atoms with E-state index >= 15 is 0 Å². The van der Waals surface area contributed by atoms with Crippen LogP contribution in [-0.2, 0) is 5.33 Å². The van der Waals surface area contributed by atoms with E-state index in [1.165, 1.54) is 0 Å². The van der Waals surface area contributed by atoms with Gasteiger partial charge in [0.2, 0.25) is 0 Å². The number of hydrogen-bond donors (Lipinski definition) is 0. The highest BCUT2D eigenvalue weighted by Crippen LogP contribution is 2.31. The number of nitro groups is 1. The zero-order chi connectivity index (χ0) is 13.2. The highest BCUT2D eigenvalue weighted by Gasteiger charge is 2.34. The van der Waals surface area contributed by atoms with Crippen molar-refractivity contribution < 1.29 is 22.8 Å². The molecule has 5 nitrogen and oxygen atoms in total. The molecule has 0 bridgehead atoms. The summed E-state index contributed by atoms with van der Waals surface area (Å²) < 4.78 is 39.9. The summed E-state index contributed by atoms with van der Waals surface area (Å²) >= 11 is 2.96. The summed E-state index contributed by atoms with van der Waals surface area (Å²) in [6.07, 6.45) is -4.90. The lowest BCUT2D eigenvalue weighted by Crippen LogP contribution is -2.18. The van der Waals surface area contributed by atoms with Crippen LogP contribution in [0.3, 0.4) is 0 Å². The lowest BCUT2D eigenvalue weighted by atomic mass is 10.2. The van der Waals surface area contributed by atoms with E-state index in [0.29, 0.717) is 0 Å². The molecule has 1 aromatic heterocycles. The molecule has 0 fully saturated rings. The van der Waals surface area contributed by atoms with Crippen LogP contribution in [-0.4, -0.2) is 16.3 Å². The first-order valence-electron chi connectivity index (χ1n) is 4.21. The number of nitrogens with zero attached hydrogens (tertiary/aromatic N) is 2. The molecule has 0 N–H and O–H groups in total. The molecule has 17 heavy (non-hydrogen) atoms. The average Bonchev–Trinajstić information content (AvgIpc) is 2.18. The molecule has 0 atom stereocenters. The zero-order valence-electron chi connectivity index (χ0n) is 8.42. The second-order valence-corrected chi connectivity index (χ2v) is 3.56. The third kappa shape index (κ3) is 3.55. The summed E-state index contributed by atoms with van der Waals surface area (Å²) in [5, 5.41) is 10.7. The minimum absolute atomic E-state index is 0.0848. The molecule has 0 saturated heterocycles. The van der Waals surface area contributed by atoms with E-state index in [2.05, 4.69) is 25.7 Å². The Morgan fingerprint density at radius 3 is 2.59 bits per heavy atom. The average molecular weight is 315 g/mol. The third-order valence-corrected chi connectivity index (χ3v) is 2.36. The molecular weight excluding hydrogens is 309 g/mol. The van der Waals surface area contributed by atoms with Gasteiger partial charge < -0.3 is 14.9 Å². The fourth-order valence-corrected chi connectivity index (χ4v) is 1.39. The van der Waals surface area contributed by atoms with Crippen LogP contribution in [0.5, 0.6) is 5.75 Å². The van der Waals surface area contributed by atoms with Gasteiger partial charge in [-0.25, -0.2) is 0 Å². The predicted octanol–water partition coefficient (Wildman–Crippen LogP) is 3.09. The number of rotatable bonds is 3. The Balaban J connectivity index is 3.29. The molecule has 94 valence electrons. The number of halogens is 4. The Hall–Kier alpha value is -1.38. The van der Waals surface area contributed by atoms with Crippen molar-refractivity contribution in [3.05, 3.63) is 27.4 Å². The Labute approximate surface area is 102 Å². The highest BCUT2D eigenvalue weighted by atomic mass is 79.9. The molecule has 0 saturated carbocycles. The van der Waals surface area contributed by atoms with Gasteiger partial charge >= 0.3 is 12.2 Å². The molecule has 0 aromatic carbocycles. The van der Waals surface area contributed by atoms with Gasteiger partial charge in [-0.2, -0.15) is 0 Å². The van der Waals surface area contributed by atoms with Crippen molar-refractivity contribution in [1.29, 1.82) is 0 Å². The van der Waals surface area contributed by atoms with Crippen LogP contribution in [0.1, 0.15) is 11.3 Å². The van der Waals surface area contributed by atoms with E-state index in [0.717, 1.165) is 13.0 Å². The second-order valence-electron chi connectivity index (χ2n) is 3.00. The fraction of sp³-hybridized carbons (Fsp3) is 0.375. The lowest BCUT2D eigenvalue weighted by molar-refractivity contribution is -0.390. The van der Waals surface area contributed by atoms with Crippen LogP contribution in [0.2, 0.25) is 0 Å². The largest absolute Gasteiger partial charge is 0.573 e. The van der Waals surface area contributed by atoms with Gasteiger partial charge in [0.05, 0.1) is 10.9 Å². The number of aromatic nitrogens is 1. The number of ether oxygens (including phenoxy) is 1. The minimum atomic E-state index is -4.90. The van der Waals surface area contributed by atoms with Gasteiger partial charge in [0, 0.05) is 6.07 Å². The molecule has 0 aliphatic carbocycles. The Morgan fingerprint density at radius 1 is 1.59 bits per heavy atom. The molecule has 9 heteroatoms. The molecule has 1 aromatic rings. The molecule has 0 aliphatic rings. The minimum Gasteiger partial charge on any atom is -0.405 e. The molecule has 0 radical (unpaired) electrons. The van der Waals surface area contributed by atoms with Crippen LogP contribution >= 0.6 is 15.9 Å². The zero-order valence-corrected chi connectivity index (χ0v) is 10.0. The second kappa shape index (κ2) is 4.86. The summed E-state index contributed by atoms with van der Waals surface area (Å²) in [5.74, 6) is -1.27. The monoisotopic (exact) mass is 314 g/mol. The standard InChI is InChI=1S/C8H6BrF3N2O3/c1-4-6(17-8(10,11)12)2-5(3-9)13-7(4)14(15)16/h2H,3H2,1H3. The van der Waals surface area contributed by atoms with Crippen molar-refractivity contribution in [2.45, 2.75) is 18.6 Å². The van der Waals surface area contributed by atoms with Gasteiger partial charge in [0.1, 0.15) is 5.75 Å². The van der Waals surface area contributed by atoms with Crippen molar-refractivity contribution in [2.75, 3.05) is 0 Å². The summed E-state index contributed by atoms with van der Waals surface area (Å²) in [7, 11) is 0. The SMILES string of the molecule is Cc1c(OC(F)(F)F)cc(CBr)nc1[N+](=O)[O-]. The highest BCUT2D eigenvalue weighted by molar-refractivity contribution is 9.08. The van der Waals surface area contributed by atoms with Crippen molar-refractivity contribution in [3.63, 3.8) is 0 Å². The molecular formula is C8H6BrF3N2O3. The van der Waals surface area contributed by atoms with E-state index in [-0.39, 0.29) is 16.6 Å². The summed E-state index contributed by atoms with van der Waals surface area (Å²) in [6, 6.07) is 1.00. The number of pyridine rings is 1. The van der Waals surface area contributed by atoms with Gasteiger partial charge in [0.25, 0.3) is 0 Å². The quantitative estimate of drug-likeness (QED) is 0.488. The predicted molar refractivity (Wildman–Crippen MR) is 54.9 cm³/mol. The molecule has 0 unspecified atom stereocenters. The maximum Gasteiger partial charge on any atom is 0.573 e. The molecule has 1 rings (SSSR count). The van der Waals surface area contributed by atoms with E-state index in [1.54, 1.807) is 0 Å². The van der Waals surface area contributed by atoms with E-state index in [4.69, 9.17) is 0 Å². The van der Waals surface area contributed by atoms with Gasteiger partial charge in [-0.1, -0.05) is 15.9 Å². The van der Waals surface area contributed by atoms with Crippen molar-refractivity contribution >= 4 is 21.7 Å². The van der Waals surface area contributed by atoms with Crippen molar-refractivity contribution in [2.24, 2.45) is 0 Å². The van der Waals surface area contributed by atoms with Crippen molar-refractivity contribution in [3.8, 4) is 5.75 Å². The first-order chi connectivity index (χ1) is 7.74. The summed E-state index contributed by atoms with van der Waals surface area (Å²) in [5.41, 5.74) is -0.182. The number of hydrogen-bond acceptors (Lipinski definition) is 4. The molecule has 0 aliphatic heterocycles. The topological polar surface area (TPSA) is 65.3 Å². The summed E-state index contributed by atoms with van der Waals surface area (Å²) in [4.78, 5) is 13.3. The maximum atomic E-state index is 12.1. The van der Waals surface area contributed by atoms with Gasteiger partial charge in [-0.05, 0) is 16.8 Å². The number of alkyl halides is 4. The van der Waals surface area contributed by atoms with Gasteiger partial charge in [0.15, 0.2) is 5.69 Å². The van der Waals surface area contributed by atoms with Crippen LogP contribution in [0, 0.1) is 17.0 Å².